The van der Waals surface area contributed by atoms with Crippen LogP contribution in [0.3, 0.4) is 0 Å². The van der Waals surface area contributed by atoms with Gasteiger partial charge in [0.2, 0.25) is 0 Å². The van der Waals surface area contributed by atoms with Gasteiger partial charge >= 0.3 is 0 Å². The van der Waals surface area contributed by atoms with Gasteiger partial charge in [0.15, 0.2) is 0 Å². The molecule has 0 unspecified atom stereocenters. The maximum absolute atomic E-state index is 2.29. The zero-order valence-corrected chi connectivity index (χ0v) is 11.7. The van der Waals surface area contributed by atoms with Crippen molar-refractivity contribution in [3.05, 3.63) is 77.4 Å². The molecule has 0 spiro atoms. The van der Waals surface area contributed by atoms with Crippen molar-refractivity contribution < 1.29 is 0 Å². The number of aryl methyl sites for hydroxylation is 2. The molecule has 0 N–H and O–H groups in total. The van der Waals surface area contributed by atoms with E-state index in [0.717, 1.165) is 0 Å². The minimum Gasteiger partial charge on any atom is -0.0839 e. The van der Waals surface area contributed by atoms with E-state index in [0.29, 0.717) is 0 Å². The predicted molar refractivity (Wildman–Crippen MR) is 84.2 cm³/mol. The van der Waals surface area contributed by atoms with Crippen LogP contribution in [0.1, 0.15) is 36.0 Å². The third-order valence-electron chi connectivity index (χ3n) is 3.28. The molecule has 0 saturated heterocycles. The summed E-state index contributed by atoms with van der Waals surface area (Å²) in [7, 11) is 0. The Kier molecular flexibility index (Phi) is 5.43. The van der Waals surface area contributed by atoms with Crippen LogP contribution in [0.15, 0.2) is 60.7 Å². The molecular formula is C19H22. The van der Waals surface area contributed by atoms with Crippen molar-refractivity contribution in [1.29, 1.82) is 0 Å². The Morgan fingerprint density at radius 1 is 0.895 bits per heavy atom. The first-order chi connectivity index (χ1) is 9.34. The van der Waals surface area contributed by atoms with Crippen LogP contribution < -0.4 is 0 Å². The topological polar surface area (TPSA) is 0 Å². The molecule has 0 atom stereocenters. The van der Waals surface area contributed by atoms with E-state index in [2.05, 4.69) is 73.7 Å². The predicted octanol–water partition coefficient (Wildman–Crippen LogP) is 5.42. The second-order valence-corrected chi connectivity index (χ2v) is 5.05. The third kappa shape index (κ3) is 5.13. The second kappa shape index (κ2) is 7.58. The highest BCUT2D eigenvalue weighted by atomic mass is 14.0. The van der Waals surface area contributed by atoms with E-state index >= 15 is 0 Å². The minimum absolute atomic E-state index is 1.17. The molecule has 0 fully saturated rings. The Morgan fingerprint density at radius 2 is 1.74 bits per heavy atom. The lowest BCUT2D eigenvalue weighted by molar-refractivity contribution is 0.749. The molecule has 19 heavy (non-hydrogen) atoms. The highest BCUT2D eigenvalue weighted by Crippen LogP contribution is 2.09. The zero-order chi connectivity index (χ0) is 13.3. The quantitative estimate of drug-likeness (QED) is 0.600. The van der Waals surface area contributed by atoms with Crippen molar-refractivity contribution in [3.63, 3.8) is 0 Å². The van der Waals surface area contributed by atoms with Gasteiger partial charge in [-0.15, -0.1) is 0 Å². The molecule has 0 aliphatic rings. The third-order valence-corrected chi connectivity index (χ3v) is 3.28. The van der Waals surface area contributed by atoms with Crippen LogP contribution in [0.5, 0.6) is 0 Å². The number of benzene rings is 2. The molecule has 0 heteroatoms. The maximum atomic E-state index is 2.29. The summed E-state index contributed by atoms with van der Waals surface area (Å²) in [6.45, 7) is 2.14. The molecule has 0 bridgehead atoms. The Balaban J connectivity index is 1.67. The van der Waals surface area contributed by atoms with E-state index in [-0.39, 0.29) is 0 Å². The largest absolute Gasteiger partial charge is 0.0839 e. The Hall–Kier alpha value is -1.82. The SMILES string of the molecule is Cc1cccc(/C=C/CCCCc2ccccc2)c1. The number of hydrogen-bond acceptors (Lipinski definition) is 0. The molecule has 98 valence electrons. The lowest BCUT2D eigenvalue weighted by Gasteiger charge is -1.99. The molecule has 2 rings (SSSR count). The fraction of sp³-hybridized carbons (Fsp3) is 0.263. The molecule has 0 heterocycles. The van der Waals surface area contributed by atoms with Crippen molar-refractivity contribution in [2.45, 2.75) is 32.6 Å². The molecule has 0 nitrogen and oxygen atoms in total. The van der Waals surface area contributed by atoms with Crippen LogP contribution in [0, 0.1) is 6.92 Å². The van der Waals surface area contributed by atoms with E-state index in [1.165, 1.54) is 42.4 Å². The van der Waals surface area contributed by atoms with E-state index < -0.39 is 0 Å². The van der Waals surface area contributed by atoms with Crippen LogP contribution in [0.4, 0.5) is 0 Å². The van der Waals surface area contributed by atoms with Gasteiger partial charge < -0.3 is 0 Å². The Morgan fingerprint density at radius 3 is 2.53 bits per heavy atom. The number of allylic oxidation sites excluding steroid dienone is 1. The summed E-state index contributed by atoms with van der Waals surface area (Å²) < 4.78 is 0. The van der Waals surface area contributed by atoms with Gasteiger partial charge in [0, 0.05) is 0 Å². The summed E-state index contributed by atoms with van der Waals surface area (Å²) in [6, 6.07) is 19.4. The lowest BCUT2D eigenvalue weighted by Crippen LogP contribution is -1.84. The number of unbranched alkanes of at least 4 members (excludes halogenated alkanes) is 2. The van der Waals surface area contributed by atoms with E-state index in [4.69, 9.17) is 0 Å². The summed E-state index contributed by atoms with van der Waals surface area (Å²) >= 11 is 0. The van der Waals surface area contributed by atoms with Gasteiger partial charge in [0.1, 0.15) is 0 Å². The van der Waals surface area contributed by atoms with Crippen LogP contribution in [0.2, 0.25) is 0 Å². The first-order valence-electron chi connectivity index (χ1n) is 7.12. The van der Waals surface area contributed by atoms with Crippen LogP contribution in [0.25, 0.3) is 6.08 Å². The number of rotatable bonds is 6. The maximum Gasteiger partial charge on any atom is -0.0257 e. The van der Waals surface area contributed by atoms with Gasteiger partial charge in [-0.3, -0.25) is 0 Å². The molecule has 0 aromatic heterocycles. The normalized spacial score (nSPS) is 11.0. The monoisotopic (exact) mass is 250 g/mol. The lowest BCUT2D eigenvalue weighted by atomic mass is 10.1. The highest BCUT2D eigenvalue weighted by Gasteiger charge is 1.91. The Labute approximate surface area is 116 Å². The summed E-state index contributed by atoms with van der Waals surface area (Å²) in [5.41, 5.74) is 4.08. The number of hydrogen-bond donors (Lipinski definition) is 0. The van der Waals surface area contributed by atoms with Crippen molar-refractivity contribution in [2.75, 3.05) is 0 Å². The van der Waals surface area contributed by atoms with E-state index in [1.807, 2.05) is 0 Å². The first kappa shape index (κ1) is 13.6. The summed E-state index contributed by atoms with van der Waals surface area (Å²) in [4.78, 5) is 0. The molecule has 0 aliphatic heterocycles. The van der Waals surface area contributed by atoms with Gasteiger partial charge in [-0.2, -0.15) is 0 Å². The van der Waals surface area contributed by atoms with Crippen LogP contribution in [-0.4, -0.2) is 0 Å². The van der Waals surface area contributed by atoms with Crippen LogP contribution in [-0.2, 0) is 6.42 Å². The Bertz CT molecular complexity index is 509. The molecular weight excluding hydrogens is 228 g/mol. The molecule has 2 aromatic rings. The van der Waals surface area contributed by atoms with Crippen molar-refractivity contribution in [2.24, 2.45) is 0 Å². The van der Waals surface area contributed by atoms with Crippen LogP contribution >= 0.6 is 0 Å². The van der Waals surface area contributed by atoms with Gasteiger partial charge in [0.25, 0.3) is 0 Å². The fourth-order valence-corrected chi connectivity index (χ4v) is 2.23. The average Bonchev–Trinajstić information content (AvgIpc) is 2.44. The molecule has 0 saturated carbocycles. The molecule has 2 aromatic carbocycles. The second-order valence-electron chi connectivity index (χ2n) is 5.05. The molecule has 0 aliphatic carbocycles. The van der Waals surface area contributed by atoms with Crippen molar-refractivity contribution in [1.82, 2.24) is 0 Å². The van der Waals surface area contributed by atoms with Gasteiger partial charge in [-0.25, -0.2) is 0 Å². The molecule has 0 radical (unpaired) electrons. The van der Waals surface area contributed by atoms with Gasteiger partial charge in [-0.05, 0) is 43.7 Å². The first-order valence-corrected chi connectivity index (χ1v) is 7.12. The fourth-order valence-electron chi connectivity index (χ4n) is 2.23. The van der Waals surface area contributed by atoms with Crippen molar-refractivity contribution >= 4 is 6.08 Å². The standard InChI is InChI=1S/C19H22/c1-17-10-9-15-19(16-17)14-6-3-2-5-11-18-12-7-4-8-13-18/h4,6-10,12-16H,2-3,5,11H2,1H3/b14-6+. The summed E-state index contributed by atoms with van der Waals surface area (Å²) in [5, 5.41) is 0. The molecule has 0 amide bonds. The van der Waals surface area contributed by atoms with Gasteiger partial charge in [-0.1, -0.05) is 72.3 Å². The van der Waals surface area contributed by atoms with E-state index in [1.54, 1.807) is 0 Å². The summed E-state index contributed by atoms with van der Waals surface area (Å²) in [5.74, 6) is 0. The minimum atomic E-state index is 1.17. The van der Waals surface area contributed by atoms with Crippen molar-refractivity contribution in [3.8, 4) is 0 Å². The smallest absolute Gasteiger partial charge is 0.0257 e. The van der Waals surface area contributed by atoms with E-state index in [9.17, 15) is 0 Å². The zero-order valence-electron chi connectivity index (χ0n) is 11.7. The average molecular weight is 250 g/mol. The summed E-state index contributed by atoms with van der Waals surface area (Å²) in [6.07, 6.45) is 9.41. The van der Waals surface area contributed by atoms with Gasteiger partial charge in [0.05, 0.1) is 0 Å². The highest BCUT2D eigenvalue weighted by molar-refractivity contribution is 5.49.